The molecule has 0 aliphatic heterocycles. The molecular formula is C19H22BrN3O2. The Labute approximate surface area is 155 Å². The van der Waals surface area contributed by atoms with Crippen LogP contribution in [0.2, 0.25) is 0 Å². The second kappa shape index (κ2) is 7.44. The van der Waals surface area contributed by atoms with E-state index in [1.165, 1.54) is 0 Å². The van der Waals surface area contributed by atoms with Gasteiger partial charge >= 0.3 is 0 Å². The maximum atomic E-state index is 12.7. The maximum Gasteiger partial charge on any atom is 0.275 e. The molecule has 0 aliphatic rings. The van der Waals surface area contributed by atoms with Gasteiger partial charge in [-0.2, -0.15) is 0 Å². The van der Waals surface area contributed by atoms with Crippen LogP contribution in [0.5, 0.6) is 5.75 Å². The van der Waals surface area contributed by atoms with Crippen LogP contribution in [0.3, 0.4) is 0 Å². The van der Waals surface area contributed by atoms with Gasteiger partial charge in [0.15, 0.2) is 0 Å². The summed E-state index contributed by atoms with van der Waals surface area (Å²) in [5.41, 5.74) is 3.07. The van der Waals surface area contributed by atoms with E-state index < -0.39 is 0 Å². The minimum Gasteiger partial charge on any atom is -0.493 e. The molecule has 132 valence electrons. The fourth-order valence-corrected chi connectivity index (χ4v) is 3.55. The lowest BCUT2D eigenvalue weighted by Crippen LogP contribution is -2.12. The fraction of sp³-hybridized carbons (Fsp3) is 0.368. The summed E-state index contributed by atoms with van der Waals surface area (Å²) < 4.78 is 8.59. The van der Waals surface area contributed by atoms with Crippen LogP contribution in [0.4, 0.5) is 0 Å². The molecule has 0 saturated carbocycles. The number of rotatable bonds is 6. The van der Waals surface area contributed by atoms with Gasteiger partial charge in [-0.25, -0.2) is 4.98 Å². The number of ether oxygens (including phenoxy) is 1. The average Bonchev–Trinajstić information content (AvgIpc) is 2.85. The molecule has 6 heteroatoms. The third-order valence-corrected chi connectivity index (χ3v) is 5.17. The number of aryl methyl sites for hydroxylation is 2. The number of nitrogens with one attached hydrogen (secondary N) is 1. The van der Waals surface area contributed by atoms with Gasteiger partial charge in [-0.3, -0.25) is 4.79 Å². The molecule has 0 fully saturated rings. The Morgan fingerprint density at radius 2 is 2.00 bits per heavy atom. The second-order valence-electron chi connectivity index (χ2n) is 6.03. The first-order chi connectivity index (χ1) is 12.1. The molecule has 3 aromatic rings. The molecule has 1 N–H and O–H groups in total. The Hall–Kier alpha value is -2.08. The Morgan fingerprint density at radius 1 is 1.24 bits per heavy atom. The van der Waals surface area contributed by atoms with Crippen LogP contribution in [-0.4, -0.2) is 21.1 Å². The first-order valence-corrected chi connectivity index (χ1v) is 9.37. The summed E-state index contributed by atoms with van der Waals surface area (Å²) in [7, 11) is 1.88. The van der Waals surface area contributed by atoms with Crippen molar-refractivity contribution in [2.75, 3.05) is 6.61 Å². The van der Waals surface area contributed by atoms with Crippen LogP contribution in [0.1, 0.15) is 32.3 Å². The van der Waals surface area contributed by atoms with Crippen molar-refractivity contribution in [1.29, 1.82) is 0 Å². The van der Waals surface area contributed by atoms with Crippen molar-refractivity contribution >= 4 is 27.0 Å². The number of aromatic amines is 1. The lowest BCUT2D eigenvalue weighted by atomic mass is 10.1. The zero-order valence-electron chi connectivity index (χ0n) is 14.7. The molecule has 0 bridgehead atoms. The van der Waals surface area contributed by atoms with E-state index in [-0.39, 0.29) is 5.56 Å². The standard InChI is InChI=1S/C19H22BrN3O2/c1-4-8-13-15-16(23(3)17(13)20)19(24)22-18(21-15)12-9-6-7-10-14(12)25-11-5-2/h6-7,9-10H,4-5,8,11H2,1-3H3,(H,21,22,24). The van der Waals surface area contributed by atoms with Gasteiger partial charge in [-0.15, -0.1) is 0 Å². The van der Waals surface area contributed by atoms with Gasteiger partial charge < -0.3 is 14.3 Å². The third-order valence-electron chi connectivity index (χ3n) is 4.16. The number of hydrogen-bond acceptors (Lipinski definition) is 3. The van der Waals surface area contributed by atoms with Crippen LogP contribution in [0, 0.1) is 0 Å². The predicted molar refractivity (Wildman–Crippen MR) is 104 cm³/mol. The van der Waals surface area contributed by atoms with Crippen LogP contribution >= 0.6 is 15.9 Å². The summed E-state index contributed by atoms with van der Waals surface area (Å²) >= 11 is 3.60. The highest BCUT2D eigenvalue weighted by Gasteiger charge is 2.19. The Balaban J connectivity index is 2.23. The van der Waals surface area contributed by atoms with Crippen molar-refractivity contribution in [2.24, 2.45) is 7.05 Å². The lowest BCUT2D eigenvalue weighted by Gasteiger charge is -2.10. The minimum absolute atomic E-state index is 0.143. The van der Waals surface area contributed by atoms with Crippen LogP contribution in [0.15, 0.2) is 33.7 Å². The Morgan fingerprint density at radius 3 is 2.72 bits per heavy atom. The summed E-state index contributed by atoms with van der Waals surface area (Å²) in [4.78, 5) is 20.4. The molecule has 3 rings (SSSR count). The number of fused-ring (bicyclic) bond motifs is 1. The van der Waals surface area contributed by atoms with Gasteiger partial charge in [-0.1, -0.05) is 32.4 Å². The first kappa shape index (κ1) is 17.7. The van der Waals surface area contributed by atoms with E-state index in [9.17, 15) is 4.79 Å². The van der Waals surface area contributed by atoms with E-state index in [1.807, 2.05) is 35.9 Å². The normalized spacial score (nSPS) is 11.2. The summed E-state index contributed by atoms with van der Waals surface area (Å²) in [6, 6.07) is 7.68. The number of H-pyrrole nitrogens is 1. The smallest absolute Gasteiger partial charge is 0.275 e. The Bertz CT molecular complexity index is 959. The van der Waals surface area contributed by atoms with E-state index in [4.69, 9.17) is 9.72 Å². The van der Waals surface area contributed by atoms with E-state index in [0.717, 1.165) is 46.3 Å². The van der Waals surface area contributed by atoms with Crippen LogP contribution < -0.4 is 10.3 Å². The number of hydrogen-bond donors (Lipinski definition) is 1. The lowest BCUT2D eigenvalue weighted by molar-refractivity contribution is 0.318. The van der Waals surface area contributed by atoms with E-state index in [1.54, 1.807) is 0 Å². The highest BCUT2D eigenvalue weighted by Crippen LogP contribution is 2.31. The Kier molecular flexibility index (Phi) is 5.27. The highest BCUT2D eigenvalue weighted by atomic mass is 79.9. The average molecular weight is 404 g/mol. The molecule has 0 atom stereocenters. The maximum absolute atomic E-state index is 12.7. The van der Waals surface area contributed by atoms with Gasteiger partial charge in [0.05, 0.1) is 16.8 Å². The molecule has 0 saturated heterocycles. The summed E-state index contributed by atoms with van der Waals surface area (Å²) in [6.07, 6.45) is 2.77. The van der Waals surface area contributed by atoms with Crippen molar-refractivity contribution in [3.63, 3.8) is 0 Å². The molecule has 25 heavy (non-hydrogen) atoms. The SMILES string of the molecule is CCCOc1ccccc1-c1nc2c(CCC)c(Br)n(C)c2c(=O)[nH]1. The van der Waals surface area contributed by atoms with E-state index >= 15 is 0 Å². The van der Waals surface area contributed by atoms with Crippen molar-refractivity contribution in [1.82, 2.24) is 14.5 Å². The zero-order valence-corrected chi connectivity index (χ0v) is 16.3. The number of para-hydroxylation sites is 1. The molecule has 2 heterocycles. The van der Waals surface area contributed by atoms with Gasteiger partial charge in [-0.05, 0) is 40.9 Å². The monoisotopic (exact) mass is 403 g/mol. The number of benzene rings is 1. The summed E-state index contributed by atoms with van der Waals surface area (Å²) in [5.74, 6) is 1.28. The van der Waals surface area contributed by atoms with E-state index in [0.29, 0.717) is 17.9 Å². The van der Waals surface area contributed by atoms with Gasteiger partial charge in [0.1, 0.15) is 22.6 Å². The molecule has 1 aromatic carbocycles. The van der Waals surface area contributed by atoms with Gasteiger partial charge in [0.25, 0.3) is 5.56 Å². The molecular weight excluding hydrogens is 382 g/mol. The number of aromatic nitrogens is 3. The number of halogens is 1. The minimum atomic E-state index is -0.143. The molecule has 5 nitrogen and oxygen atoms in total. The molecule has 0 spiro atoms. The second-order valence-corrected chi connectivity index (χ2v) is 6.79. The molecule has 0 radical (unpaired) electrons. The quantitative estimate of drug-likeness (QED) is 0.661. The van der Waals surface area contributed by atoms with Crippen molar-refractivity contribution in [2.45, 2.75) is 33.1 Å². The van der Waals surface area contributed by atoms with Crippen molar-refractivity contribution in [3.05, 3.63) is 44.8 Å². The van der Waals surface area contributed by atoms with Crippen LogP contribution in [-0.2, 0) is 13.5 Å². The predicted octanol–water partition coefficient (Wildman–Crippen LogP) is 4.43. The topological polar surface area (TPSA) is 59.9 Å². The molecule has 0 aliphatic carbocycles. The number of nitrogens with zero attached hydrogens (tertiary/aromatic N) is 2. The third kappa shape index (κ3) is 3.23. The zero-order chi connectivity index (χ0) is 18.0. The fourth-order valence-electron chi connectivity index (χ4n) is 2.99. The van der Waals surface area contributed by atoms with Gasteiger partial charge in [0, 0.05) is 12.6 Å². The highest BCUT2D eigenvalue weighted by molar-refractivity contribution is 9.10. The largest absolute Gasteiger partial charge is 0.493 e. The van der Waals surface area contributed by atoms with Crippen molar-refractivity contribution < 1.29 is 4.74 Å². The van der Waals surface area contributed by atoms with Crippen molar-refractivity contribution in [3.8, 4) is 17.1 Å². The summed E-state index contributed by atoms with van der Waals surface area (Å²) in [6.45, 7) is 4.81. The van der Waals surface area contributed by atoms with Gasteiger partial charge in [0.2, 0.25) is 0 Å². The van der Waals surface area contributed by atoms with Crippen LogP contribution in [0.25, 0.3) is 22.4 Å². The first-order valence-electron chi connectivity index (χ1n) is 8.57. The molecule has 0 amide bonds. The van der Waals surface area contributed by atoms with E-state index in [2.05, 4.69) is 34.8 Å². The molecule has 2 aromatic heterocycles. The molecule has 0 unspecified atom stereocenters. The summed E-state index contributed by atoms with van der Waals surface area (Å²) in [5, 5.41) is 0.